The summed E-state index contributed by atoms with van der Waals surface area (Å²) in [5.41, 5.74) is 0. The lowest BCUT2D eigenvalue weighted by Gasteiger charge is -2.35. The third-order valence-corrected chi connectivity index (χ3v) is 4.91. The molecule has 0 radical (unpaired) electrons. The van der Waals surface area contributed by atoms with E-state index in [1.807, 2.05) is 0 Å². The van der Waals surface area contributed by atoms with Gasteiger partial charge in [0, 0.05) is 37.3 Å². The molecule has 110 valence electrons. The number of hydrogen-bond donors (Lipinski definition) is 2. The van der Waals surface area contributed by atoms with Gasteiger partial charge in [-0.05, 0) is 31.9 Å². The van der Waals surface area contributed by atoms with Crippen LogP contribution in [0.15, 0.2) is 0 Å². The highest BCUT2D eigenvalue weighted by atomic mass is 32.2. The van der Waals surface area contributed by atoms with Gasteiger partial charge in [0.05, 0.1) is 0 Å². The Balaban J connectivity index is 2.19. The highest BCUT2D eigenvalue weighted by Gasteiger charge is 2.31. The van der Waals surface area contributed by atoms with Gasteiger partial charge in [0.2, 0.25) is 5.91 Å². The van der Waals surface area contributed by atoms with Crippen molar-refractivity contribution in [3.8, 4) is 0 Å². The molecule has 0 saturated carbocycles. The molecular weight excluding hydrogens is 266 g/mol. The van der Waals surface area contributed by atoms with Gasteiger partial charge in [0.15, 0.2) is 0 Å². The fourth-order valence-electron chi connectivity index (χ4n) is 2.11. The van der Waals surface area contributed by atoms with Crippen molar-refractivity contribution in [3.05, 3.63) is 0 Å². The number of carbonyl (C=O) groups is 2. The van der Waals surface area contributed by atoms with Crippen LogP contribution < -0.4 is 5.32 Å². The zero-order chi connectivity index (χ0) is 14.1. The van der Waals surface area contributed by atoms with Crippen molar-refractivity contribution in [2.24, 2.45) is 0 Å². The van der Waals surface area contributed by atoms with Crippen LogP contribution in [0.1, 0.15) is 38.5 Å². The summed E-state index contributed by atoms with van der Waals surface area (Å²) in [6, 6.07) is 0. The van der Waals surface area contributed by atoms with Crippen LogP contribution in [0.3, 0.4) is 0 Å². The van der Waals surface area contributed by atoms with Crippen LogP contribution in [0, 0.1) is 0 Å². The van der Waals surface area contributed by atoms with Crippen LogP contribution in [0.25, 0.3) is 0 Å². The van der Waals surface area contributed by atoms with Crippen molar-refractivity contribution < 1.29 is 19.4 Å². The predicted octanol–water partition coefficient (Wildman–Crippen LogP) is 1.66. The molecule has 0 unspecified atom stereocenters. The molecule has 1 aliphatic heterocycles. The minimum atomic E-state index is -0.802. The zero-order valence-electron chi connectivity index (χ0n) is 11.4. The number of carboxylic acids is 1. The van der Waals surface area contributed by atoms with Gasteiger partial charge in [-0.3, -0.25) is 9.59 Å². The van der Waals surface area contributed by atoms with Crippen LogP contribution >= 0.6 is 11.8 Å². The van der Waals surface area contributed by atoms with Gasteiger partial charge in [-0.25, -0.2) is 0 Å². The minimum absolute atomic E-state index is 0.0188. The van der Waals surface area contributed by atoms with E-state index in [2.05, 4.69) is 11.6 Å². The summed E-state index contributed by atoms with van der Waals surface area (Å²) < 4.78 is 5.46. The maximum Gasteiger partial charge on any atom is 0.303 e. The molecule has 1 saturated heterocycles. The summed E-state index contributed by atoms with van der Waals surface area (Å²) in [5, 5.41) is 11.5. The number of nitrogens with one attached hydrogen (secondary N) is 1. The van der Waals surface area contributed by atoms with Gasteiger partial charge in [0.25, 0.3) is 0 Å². The maximum atomic E-state index is 11.7. The molecule has 0 bridgehead atoms. The summed E-state index contributed by atoms with van der Waals surface area (Å²) >= 11 is 1.80. The third kappa shape index (κ3) is 6.29. The number of hydrogen-bond acceptors (Lipinski definition) is 4. The molecule has 1 aliphatic rings. The molecule has 0 spiro atoms. The smallest absolute Gasteiger partial charge is 0.303 e. The lowest BCUT2D eigenvalue weighted by atomic mass is 9.99. The number of rotatable bonds is 8. The van der Waals surface area contributed by atoms with Crippen LogP contribution in [0.5, 0.6) is 0 Å². The van der Waals surface area contributed by atoms with E-state index in [-0.39, 0.29) is 17.1 Å². The molecule has 0 aromatic heterocycles. The van der Waals surface area contributed by atoms with E-state index in [0.29, 0.717) is 25.8 Å². The summed E-state index contributed by atoms with van der Waals surface area (Å²) in [6.07, 6.45) is 5.75. The molecule has 0 aromatic rings. The Hall–Kier alpha value is -0.750. The molecule has 1 amide bonds. The van der Waals surface area contributed by atoms with Crippen LogP contribution in [0.4, 0.5) is 0 Å². The Bertz CT molecular complexity index is 303. The molecule has 1 fully saturated rings. The summed E-state index contributed by atoms with van der Waals surface area (Å²) in [7, 11) is 0. The Labute approximate surface area is 118 Å². The summed E-state index contributed by atoms with van der Waals surface area (Å²) in [6.45, 7) is 2.19. The average Bonchev–Trinajstić information content (AvgIpc) is 2.42. The maximum absolute atomic E-state index is 11.7. The molecule has 0 aromatic carbocycles. The molecule has 2 N–H and O–H groups in total. The normalized spacial score (nSPS) is 17.9. The van der Waals surface area contributed by atoms with E-state index < -0.39 is 5.97 Å². The van der Waals surface area contributed by atoms with E-state index >= 15 is 0 Å². The molecule has 0 aliphatic carbocycles. The summed E-state index contributed by atoms with van der Waals surface area (Å²) in [4.78, 5) is 22.0. The summed E-state index contributed by atoms with van der Waals surface area (Å²) in [5.74, 6) is -0.783. The Morgan fingerprint density at radius 2 is 1.89 bits per heavy atom. The van der Waals surface area contributed by atoms with Crippen molar-refractivity contribution in [1.82, 2.24) is 5.32 Å². The largest absolute Gasteiger partial charge is 0.481 e. The molecule has 5 nitrogen and oxygen atoms in total. The lowest BCUT2D eigenvalue weighted by Crippen LogP contribution is -2.44. The van der Waals surface area contributed by atoms with Gasteiger partial charge in [-0.15, -0.1) is 0 Å². The average molecular weight is 289 g/mol. The number of thioether (sulfide) groups is 1. The SMILES string of the molecule is CSC1(CNC(=O)CCCCC(=O)O)CCOCC1. The number of carboxylic acid groups (broad SMARTS) is 1. The van der Waals surface area contributed by atoms with Gasteiger partial charge in [-0.1, -0.05) is 0 Å². The first kappa shape index (κ1) is 16.3. The van der Waals surface area contributed by atoms with E-state index in [1.54, 1.807) is 11.8 Å². The molecule has 0 atom stereocenters. The standard InChI is InChI=1S/C13H23NO4S/c1-19-13(6-8-18-9-7-13)10-14-11(15)4-2-3-5-12(16)17/h2-10H2,1H3,(H,14,15)(H,16,17). The van der Waals surface area contributed by atoms with Gasteiger partial charge < -0.3 is 15.2 Å². The van der Waals surface area contributed by atoms with Crippen LogP contribution in [-0.2, 0) is 14.3 Å². The van der Waals surface area contributed by atoms with Crippen molar-refractivity contribution in [2.75, 3.05) is 26.0 Å². The van der Waals surface area contributed by atoms with Crippen molar-refractivity contribution in [1.29, 1.82) is 0 Å². The van der Waals surface area contributed by atoms with Crippen molar-refractivity contribution in [3.63, 3.8) is 0 Å². The number of unbranched alkanes of at least 4 members (excludes halogenated alkanes) is 1. The zero-order valence-corrected chi connectivity index (χ0v) is 12.3. The number of aliphatic carboxylic acids is 1. The first-order valence-corrected chi connectivity index (χ1v) is 7.92. The van der Waals surface area contributed by atoms with E-state index in [4.69, 9.17) is 9.84 Å². The number of carbonyl (C=O) groups excluding carboxylic acids is 1. The molecule has 19 heavy (non-hydrogen) atoms. The van der Waals surface area contributed by atoms with Crippen LogP contribution in [0.2, 0.25) is 0 Å². The first-order chi connectivity index (χ1) is 9.08. The molecule has 1 rings (SSSR count). The highest BCUT2D eigenvalue weighted by molar-refractivity contribution is 8.00. The van der Waals surface area contributed by atoms with Gasteiger partial charge >= 0.3 is 5.97 Å². The number of amides is 1. The topological polar surface area (TPSA) is 75.6 Å². The second-order valence-corrected chi connectivity index (χ2v) is 6.15. The fourth-order valence-corrected chi connectivity index (χ4v) is 2.90. The molecule has 1 heterocycles. The second-order valence-electron chi connectivity index (χ2n) is 4.88. The van der Waals surface area contributed by atoms with Crippen molar-refractivity contribution >= 4 is 23.6 Å². The Morgan fingerprint density at radius 1 is 1.26 bits per heavy atom. The number of ether oxygens (including phenoxy) is 1. The lowest BCUT2D eigenvalue weighted by molar-refractivity contribution is -0.137. The van der Waals surface area contributed by atoms with E-state index in [0.717, 1.165) is 26.1 Å². The van der Waals surface area contributed by atoms with Crippen molar-refractivity contribution in [2.45, 2.75) is 43.3 Å². The second kappa shape index (κ2) is 8.43. The van der Waals surface area contributed by atoms with E-state index in [9.17, 15) is 9.59 Å². The first-order valence-electron chi connectivity index (χ1n) is 6.69. The van der Waals surface area contributed by atoms with Crippen LogP contribution in [-0.4, -0.2) is 47.7 Å². The fraction of sp³-hybridized carbons (Fsp3) is 0.846. The molecule has 6 heteroatoms. The quantitative estimate of drug-likeness (QED) is 0.665. The molecular formula is C13H23NO4S. The minimum Gasteiger partial charge on any atom is -0.481 e. The Morgan fingerprint density at radius 3 is 2.47 bits per heavy atom. The van der Waals surface area contributed by atoms with Gasteiger partial charge in [-0.2, -0.15) is 11.8 Å². The Kier molecular flexibility index (Phi) is 7.23. The monoisotopic (exact) mass is 289 g/mol. The van der Waals surface area contributed by atoms with Gasteiger partial charge in [0.1, 0.15) is 0 Å². The highest BCUT2D eigenvalue weighted by Crippen LogP contribution is 2.32. The predicted molar refractivity (Wildman–Crippen MR) is 75.4 cm³/mol. The van der Waals surface area contributed by atoms with E-state index in [1.165, 1.54) is 0 Å². The third-order valence-electron chi connectivity index (χ3n) is 3.49.